The Balaban J connectivity index is 1.43. The Morgan fingerprint density at radius 3 is 2.36 bits per heavy atom. The average Bonchev–Trinajstić information content (AvgIpc) is 2.74. The fourth-order valence-corrected chi connectivity index (χ4v) is 3.29. The highest BCUT2D eigenvalue weighted by Crippen LogP contribution is 2.13. The van der Waals surface area contributed by atoms with Crippen LogP contribution in [0.1, 0.15) is 21.5 Å². The molecular formula is C22H21N3O2S. The van der Waals surface area contributed by atoms with Gasteiger partial charge in [-0.25, -0.2) is 0 Å². The second-order valence-corrected chi connectivity index (χ2v) is 7.13. The molecule has 0 radical (unpaired) electrons. The molecular weight excluding hydrogens is 370 g/mol. The van der Waals surface area contributed by atoms with Gasteiger partial charge in [-0.1, -0.05) is 36.4 Å². The Morgan fingerprint density at radius 1 is 0.893 bits per heavy atom. The van der Waals surface area contributed by atoms with Crippen molar-refractivity contribution in [2.45, 2.75) is 12.3 Å². The summed E-state index contributed by atoms with van der Waals surface area (Å²) < 4.78 is 0. The largest absolute Gasteiger partial charge is 0.348 e. The van der Waals surface area contributed by atoms with Crippen LogP contribution in [0.4, 0.5) is 5.69 Å². The summed E-state index contributed by atoms with van der Waals surface area (Å²) in [5.74, 6) is 0.875. The zero-order chi connectivity index (χ0) is 19.6. The van der Waals surface area contributed by atoms with Gasteiger partial charge in [0.25, 0.3) is 5.91 Å². The number of nitrogens with one attached hydrogen (secondary N) is 2. The molecule has 0 aliphatic heterocycles. The lowest BCUT2D eigenvalue weighted by Crippen LogP contribution is -2.22. The molecule has 142 valence electrons. The van der Waals surface area contributed by atoms with Crippen molar-refractivity contribution in [1.29, 1.82) is 0 Å². The Kier molecular flexibility index (Phi) is 7.21. The number of pyridine rings is 1. The summed E-state index contributed by atoms with van der Waals surface area (Å²) in [4.78, 5) is 28.3. The van der Waals surface area contributed by atoms with Gasteiger partial charge in [0.1, 0.15) is 0 Å². The smallest absolute Gasteiger partial charge is 0.251 e. The van der Waals surface area contributed by atoms with Crippen LogP contribution < -0.4 is 10.6 Å². The van der Waals surface area contributed by atoms with Gasteiger partial charge >= 0.3 is 0 Å². The van der Waals surface area contributed by atoms with E-state index < -0.39 is 0 Å². The first-order valence-electron chi connectivity index (χ1n) is 8.89. The third-order valence-corrected chi connectivity index (χ3v) is 4.96. The molecule has 0 saturated carbocycles. The molecule has 0 fully saturated rings. The molecule has 0 bridgehead atoms. The topological polar surface area (TPSA) is 71.1 Å². The van der Waals surface area contributed by atoms with Crippen LogP contribution in [0.25, 0.3) is 0 Å². The first-order valence-corrected chi connectivity index (χ1v) is 10.0. The summed E-state index contributed by atoms with van der Waals surface area (Å²) in [7, 11) is 0. The van der Waals surface area contributed by atoms with Crippen LogP contribution in [0.2, 0.25) is 0 Å². The third kappa shape index (κ3) is 6.25. The van der Waals surface area contributed by atoms with Crippen LogP contribution in [0.15, 0.2) is 79.1 Å². The van der Waals surface area contributed by atoms with E-state index in [4.69, 9.17) is 0 Å². The van der Waals surface area contributed by atoms with E-state index in [1.54, 1.807) is 36.7 Å². The highest BCUT2D eigenvalue weighted by atomic mass is 32.2. The quantitative estimate of drug-likeness (QED) is 0.611. The monoisotopic (exact) mass is 391 g/mol. The van der Waals surface area contributed by atoms with E-state index in [2.05, 4.69) is 15.6 Å². The number of anilines is 1. The van der Waals surface area contributed by atoms with Crippen LogP contribution in [-0.2, 0) is 17.1 Å². The molecule has 0 saturated heterocycles. The zero-order valence-corrected chi connectivity index (χ0v) is 16.1. The summed E-state index contributed by atoms with van der Waals surface area (Å²) in [6.07, 6.45) is 3.53. The minimum absolute atomic E-state index is 0.0739. The molecule has 0 spiro atoms. The van der Waals surface area contributed by atoms with E-state index >= 15 is 0 Å². The van der Waals surface area contributed by atoms with E-state index in [9.17, 15) is 9.59 Å². The molecule has 2 aromatic carbocycles. The Morgan fingerprint density at radius 2 is 1.64 bits per heavy atom. The summed E-state index contributed by atoms with van der Waals surface area (Å²) in [6, 6.07) is 20.5. The van der Waals surface area contributed by atoms with Crippen molar-refractivity contribution in [2.24, 2.45) is 0 Å². The van der Waals surface area contributed by atoms with Gasteiger partial charge in [-0.2, -0.15) is 0 Å². The molecule has 6 heteroatoms. The van der Waals surface area contributed by atoms with Gasteiger partial charge in [0.2, 0.25) is 5.91 Å². The van der Waals surface area contributed by atoms with Crippen LogP contribution >= 0.6 is 11.8 Å². The van der Waals surface area contributed by atoms with Crippen molar-refractivity contribution in [3.05, 3.63) is 95.8 Å². The number of carbonyl (C=O) groups is 2. The first-order chi connectivity index (χ1) is 13.7. The molecule has 0 aliphatic rings. The molecule has 1 heterocycles. The van der Waals surface area contributed by atoms with Gasteiger partial charge in [0, 0.05) is 35.9 Å². The van der Waals surface area contributed by atoms with Crippen molar-refractivity contribution in [1.82, 2.24) is 10.3 Å². The Bertz CT molecular complexity index is 900. The van der Waals surface area contributed by atoms with Crippen LogP contribution in [0, 0.1) is 0 Å². The maximum absolute atomic E-state index is 12.2. The third-order valence-electron chi connectivity index (χ3n) is 3.95. The normalized spacial score (nSPS) is 10.3. The molecule has 28 heavy (non-hydrogen) atoms. The van der Waals surface area contributed by atoms with Crippen LogP contribution in [-0.4, -0.2) is 22.6 Å². The number of hydrogen-bond donors (Lipinski definition) is 2. The summed E-state index contributed by atoms with van der Waals surface area (Å²) in [5.41, 5.74) is 3.36. The van der Waals surface area contributed by atoms with Gasteiger partial charge < -0.3 is 10.6 Å². The molecule has 1 aromatic heterocycles. The lowest BCUT2D eigenvalue weighted by Gasteiger charge is -2.08. The summed E-state index contributed by atoms with van der Waals surface area (Å²) in [5, 5.41) is 5.73. The number of aromatic nitrogens is 1. The molecule has 0 unspecified atom stereocenters. The number of carbonyl (C=O) groups excluding carboxylic acids is 2. The number of rotatable bonds is 8. The predicted octanol–water partition coefficient (Wildman–Crippen LogP) is 3.88. The highest BCUT2D eigenvalue weighted by molar-refractivity contribution is 7.99. The standard InChI is InChI=1S/C22H21N3O2S/c26-21(16-28-15-18-7-4-12-23-13-18)25-20-10-8-19(9-11-20)22(27)24-14-17-5-2-1-3-6-17/h1-13H,14-16H2,(H,24,27)(H,25,26). The first kappa shape index (κ1) is 19.6. The maximum Gasteiger partial charge on any atom is 0.251 e. The molecule has 2 N–H and O–H groups in total. The van der Waals surface area contributed by atoms with Crippen molar-refractivity contribution in [3.63, 3.8) is 0 Å². The number of nitrogens with zero attached hydrogens (tertiary/aromatic N) is 1. The highest BCUT2D eigenvalue weighted by Gasteiger charge is 2.07. The summed E-state index contributed by atoms with van der Waals surface area (Å²) >= 11 is 1.53. The molecule has 2 amide bonds. The second kappa shape index (κ2) is 10.3. The van der Waals surface area contributed by atoms with Gasteiger partial charge in [-0.05, 0) is 41.5 Å². The van der Waals surface area contributed by atoms with Gasteiger partial charge in [0.15, 0.2) is 0 Å². The Labute approximate surface area is 168 Å². The van der Waals surface area contributed by atoms with E-state index in [1.165, 1.54) is 11.8 Å². The Hall–Kier alpha value is -3.12. The van der Waals surface area contributed by atoms with Gasteiger partial charge in [0.05, 0.1) is 5.75 Å². The molecule has 3 rings (SSSR count). The fourth-order valence-electron chi connectivity index (χ4n) is 2.53. The van der Waals surface area contributed by atoms with Gasteiger partial charge in [-0.3, -0.25) is 14.6 Å². The number of amides is 2. The molecule has 0 atom stereocenters. The second-order valence-electron chi connectivity index (χ2n) is 6.15. The van der Waals surface area contributed by atoms with E-state index in [0.29, 0.717) is 23.5 Å². The van der Waals surface area contributed by atoms with Crippen molar-refractivity contribution >= 4 is 29.3 Å². The lowest BCUT2D eigenvalue weighted by molar-refractivity contribution is -0.113. The van der Waals surface area contributed by atoms with E-state index in [0.717, 1.165) is 16.9 Å². The summed E-state index contributed by atoms with van der Waals surface area (Å²) in [6.45, 7) is 0.478. The van der Waals surface area contributed by atoms with Gasteiger partial charge in [-0.15, -0.1) is 11.8 Å². The molecule has 0 aliphatic carbocycles. The number of hydrogen-bond acceptors (Lipinski definition) is 4. The van der Waals surface area contributed by atoms with E-state index in [-0.39, 0.29) is 11.8 Å². The van der Waals surface area contributed by atoms with Crippen molar-refractivity contribution in [3.8, 4) is 0 Å². The van der Waals surface area contributed by atoms with Crippen molar-refractivity contribution < 1.29 is 9.59 Å². The SMILES string of the molecule is O=C(CSCc1cccnc1)Nc1ccc(C(=O)NCc2ccccc2)cc1. The lowest BCUT2D eigenvalue weighted by atomic mass is 10.1. The predicted molar refractivity (Wildman–Crippen MR) is 113 cm³/mol. The average molecular weight is 391 g/mol. The van der Waals surface area contributed by atoms with Crippen LogP contribution in [0.3, 0.4) is 0 Å². The molecule has 3 aromatic rings. The van der Waals surface area contributed by atoms with Crippen LogP contribution in [0.5, 0.6) is 0 Å². The number of thioether (sulfide) groups is 1. The minimum Gasteiger partial charge on any atom is -0.348 e. The number of benzene rings is 2. The maximum atomic E-state index is 12.2. The minimum atomic E-state index is -0.145. The fraction of sp³-hybridized carbons (Fsp3) is 0.136. The van der Waals surface area contributed by atoms with Crippen molar-refractivity contribution in [2.75, 3.05) is 11.1 Å². The molecule has 5 nitrogen and oxygen atoms in total. The zero-order valence-electron chi connectivity index (χ0n) is 15.3. The van der Waals surface area contributed by atoms with E-state index in [1.807, 2.05) is 42.5 Å².